The number of halogens is 2. The Morgan fingerprint density at radius 2 is 1.72 bits per heavy atom. The summed E-state index contributed by atoms with van der Waals surface area (Å²) in [5.41, 5.74) is 2.77. The third kappa shape index (κ3) is 3.31. The zero-order valence-corrected chi connectivity index (χ0v) is 11.4. The van der Waals surface area contributed by atoms with Crippen molar-refractivity contribution in [1.29, 1.82) is 0 Å². The molecule has 2 rings (SSSR count). The first-order valence-corrected chi connectivity index (χ1v) is 6.28. The van der Waals surface area contributed by atoms with Crippen LogP contribution in [-0.4, -0.2) is 5.11 Å². The first-order valence-electron chi connectivity index (χ1n) is 5.53. The average Bonchev–Trinajstić information content (AvgIpc) is 2.29. The highest BCUT2D eigenvalue weighted by atomic mass is 35.5. The fraction of sp³-hybridized carbons (Fsp3) is 0.143. The largest absolute Gasteiger partial charge is 0.508 e. The van der Waals surface area contributed by atoms with E-state index in [2.05, 4.69) is 5.32 Å². The summed E-state index contributed by atoms with van der Waals surface area (Å²) in [5, 5.41) is 14.1. The van der Waals surface area contributed by atoms with Crippen molar-refractivity contribution >= 4 is 28.9 Å². The molecule has 2 aromatic carbocycles. The maximum atomic E-state index is 9.73. The zero-order chi connectivity index (χ0) is 13.1. The molecule has 0 heterocycles. The van der Waals surface area contributed by atoms with Crippen LogP contribution in [0.25, 0.3) is 0 Å². The molecule has 0 fully saturated rings. The summed E-state index contributed by atoms with van der Waals surface area (Å²) in [6.45, 7) is 2.50. The van der Waals surface area contributed by atoms with Crippen LogP contribution in [0.2, 0.25) is 10.0 Å². The highest BCUT2D eigenvalue weighted by Gasteiger charge is 2.02. The summed E-state index contributed by atoms with van der Waals surface area (Å²) >= 11 is 11.8. The Labute approximate surface area is 116 Å². The van der Waals surface area contributed by atoms with Gasteiger partial charge in [-0.3, -0.25) is 0 Å². The maximum absolute atomic E-state index is 9.73. The second-order valence-corrected chi connectivity index (χ2v) is 5.02. The summed E-state index contributed by atoms with van der Waals surface area (Å²) in [6, 6.07) is 10.8. The van der Waals surface area contributed by atoms with Gasteiger partial charge < -0.3 is 10.4 Å². The highest BCUT2D eigenvalue weighted by Crippen LogP contribution is 2.24. The third-order valence-corrected chi connectivity index (χ3v) is 3.02. The van der Waals surface area contributed by atoms with Crippen molar-refractivity contribution in [3.05, 3.63) is 57.6 Å². The molecule has 0 aliphatic heterocycles. The average molecular weight is 282 g/mol. The number of benzene rings is 2. The third-order valence-electron chi connectivity index (χ3n) is 2.58. The lowest BCUT2D eigenvalue weighted by molar-refractivity contribution is 0.469. The molecule has 0 amide bonds. The first kappa shape index (κ1) is 13.1. The van der Waals surface area contributed by atoms with Crippen LogP contribution in [0.4, 0.5) is 5.69 Å². The van der Waals surface area contributed by atoms with E-state index in [4.69, 9.17) is 23.2 Å². The first-order chi connectivity index (χ1) is 8.54. The molecule has 0 atom stereocenters. The van der Waals surface area contributed by atoms with Gasteiger partial charge in [0.15, 0.2) is 0 Å². The minimum Gasteiger partial charge on any atom is -0.508 e. The highest BCUT2D eigenvalue weighted by molar-refractivity contribution is 6.35. The molecule has 4 heteroatoms. The standard InChI is InChI=1S/C14H13Cl2NO/c1-9-2-3-14(18)10(4-9)8-17-13-6-11(15)5-12(16)7-13/h2-7,17-18H,8H2,1H3. The molecule has 0 saturated heterocycles. The van der Waals surface area contributed by atoms with Crippen molar-refractivity contribution in [3.8, 4) is 5.75 Å². The maximum Gasteiger partial charge on any atom is 0.120 e. The smallest absolute Gasteiger partial charge is 0.120 e. The molecule has 0 aromatic heterocycles. The molecule has 18 heavy (non-hydrogen) atoms. The predicted molar refractivity (Wildman–Crippen MR) is 76.6 cm³/mol. The molecular weight excluding hydrogens is 269 g/mol. The molecule has 2 nitrogen and oxygen atoms in total. The summed E-state index contributed by atoms with van der Waals surface area (Å²) in [7, 11) is 0. The topological polar surface area (TPSA) is 32.3 Å². The molecule has 2 aromatic rings. The number of aromatic hydroxyl groups is 1. The van der Waals surface area contributed by atoms with Crippen LogP contribution in [-0.2, 0) is 6.54 Å². The predicted octanol–water partition coefficient (Wildman–Crippen LogP) is 4.62. The number of phenolic OH excluding ortho intramolecular Hbond substituents is 1. The number of phenols is 1. The fourth-order valence-corrected chi connectivity index (χ4v) is 2.24. The summed E-state index contributed by atoms with van der Waals surface area (Å²) in [6.07, 6.45) is 0. The van der Waals surface area contributed by atoms with Crippen LogP contribution >= 0.6 is 23.2 Å². The SMILES string of the molecule is Cc1ccc(O)c(CNc2cc(Cl)cc(Cl)c2)c1. The minimum absolute atomic E-state index is 0.279. The van der Waals surface area contributed by atoms with Crippen LogP contribution < -0.4 is 5.32 Å². The number of aryl methyl sites for hydroxylation is 1. The lowest BCUT2D eigenvalue weighted by Gasteiger charge is -2.09. The number of hydrogen-bond acceptors (Lipinski definition) is 2. The van der Waals surface area contributed by atoms with Crippen LogP contribution in [0.5, 0.6) is 5.75 Å². The van der Waals surface area contributed by atoms with Crippen molar-refractivity contribution in [2.45, 2.75) is 13.5 Å². The van der Waals surface area contributed by atoms with Gasteiger partial charge >= 0.3 is 0 Å². The zero-order valence-electron chi connectivity index (χ0n) is 9.87. The number of nitrogens with one attached hydrogen (secondary N) is 1. The van der Waals surface area contributed by atoms with Gasteiger partial charge in [0.2, 0.25) is 0 Å². The Hall–Kier alpha value is -1.38. The van der Waals surface area contributed by atoms with Gasteiger partial charge in [0, 0.05) is 27.8 Å². The van der Waals surface area contributed by atoms with E-state index >= 15 is 0 Å². The molecule has 0 saturated carbocycles. The van der Waals surface area contributed by atoms with E-state index in [0.29, 0.717) is 16.6 Å². The van der Waals surface area contributed by atoms with Crippen molar-refractivity contribution in [2.24, 2.45) is 0 Å². The number of hydrogen-bond donors (Lipinski definition) is 2. The molecule has 0 aliphatic rings. The molecule has 0 spiro atoms. The van der Waals surface area contributed by atoms with Crippen molar-refractivity contribution in [3.63, 3.8) is 0 Å². The Balaban J connectivity index is 2.13. The van der Waals surface area contributed by atoms with Crippen LogP contribution in [0.15, 0.2) is 36.4 Å². The second kappa shape index (κ2) is 5.51. The molecule has 2 N–H and O–H groups in total. The van der Waals surface area contributed by atoms with Crippen LogP contribution in [0.1, 0.15) is 11.1 Å². The molecule has 0 bridgehead atoms. The van der Waals surface area contributed by atoms with E-state index in [1.165, 1.54) is 0 Å². The van der Waals surface area contributed by atoms with E-state index in [1.807, 2.05) is 19.1 Å². The molecule has 0 radical (unpaired) electrons. The molecule has 94 valence electrons. The van der Waals surface area contributed by atoms with Crippen molar-refractivity contribution in [1.82, 2.24) is 0 Å². The normalized spacial score (nSPS) is 10.4. The molecule has 0 unspecified atom stereocenters. The second-order valence-electron chi connectivity index (χ2n) is 4.14. The lowest BCUT2D eigenvalue weighted by atomic mass is 10.1. The monoisotopic (exact) mass is 281 g/mol. The van der Waals surface area contributed by atoms with Gasteiger partial charge in [-0.1, -0.05) is 40.9 Å². The fourth-order valence-electron chi connectivity index (χ4n) is 1.71. The number of anilines is 1. The van der Waals surface area contributed by atoms with Gasteiger partial charge in [-0.05, 0) is 31.2 Å². The Bertz CT molecular complexity index is 549. The van der Waals surface area contributed by atoms with Gasteiger partial charge in [-0.15, -0.1) is 0 Å². The van der Waals surface area contributed by atoms with Gasteiger partial charge in [0.1, 0.15) is 5.75 Å². The quantitative estimate of drug-likeness (QED) is 0.861. The van der Waals surface area contributed by atoms with Gasteiger partial charge in [-0.25, -0.2) is 0 Å². The van der Waals surface area contributed by atoms with Gasteiger partial charge in [-0.2, -0.15) is 0 Å². The Morgan fingerprint density at radius 3 is 2.39 bits per heavy atom. The summed E-state index contributed by atoms with van der Waals surface area (Å²) in [4.78, 5) is 0. The number of rotatable bonds is 3. The van der Waals surface area contributed by atoms with E-state index in [1.54, 1.807) is 24.3 Å². The van der Waals surface area contributed by atoms with E-state index in [0.717, 1.165) is 16.8 Å². The van der Waals surface area contributed by atoms with E-state index < -0.39 is 0 Å². The van der Waals surface area contributed by atoms with Crippen LogP contribution in [0.3, 0.4) is 0 Å². The lowest BCUT2D eigenvalue weighted by Crippen LogP contribution is -2.00. The van der Waals surface area contributed by atoms with E-state index in [-0.39, 0.29) is 5.75 Å². The Morgan fingerprint density at radius 1 is 1.06 bits per heavy atom. The van der Waals surface area contributed by atoms with Gasteiger partial charge in [0.05, 0.1) is 0 Å². The van der Waals surface area contributed by atoms with Crippen LogP contribution in [0, 0.1) is 6.92 Å². The molecule has 0 aliphatic carbocycles. The van der Waals surface area contributed by atoms with E-state index in [9.17, 15) is 5.11 Å². The summed E-state index contributed by atoms with van der Waals surface area (Å²) < 4.78 is 0. The van der Waals surface area contributed by atoms with Gasteiger partial charge in [0.25, 0.3) is 0 Å². The minimum atomic E-state index is 0.279. The van der Waals surface area contributed by atoms with Crippen molar-refractivity contribution < 1.29 is 5.11 Å². The Kier molecular flexibility index (Phi) is 4.00. The summed E-state index contributed by atoms with van der Waals surface area (Å²) in [5.74, 6) is 0.279. The van der Waals surface area contributed by atoms with Crippen molar-refractivity contribution in [2.75, 3.05) is 5.32 Å². The molecular formula is C14H13Cl2NO.